The van der Waals surface area contributed by atoms with Crippen LogP contribution >= 0.6 is 0 Å². The second kappa shape index (κ2) is 6.17. The predicted octanol–water partition coefficient (Wildman–Crippen LogP) is 2.48. The number of rotatable bonds is 6. The molecule has 0 amide bonds. The molecule has 2 rings (SSSR count). The van der Waals surface area contributed by atoms with Gasteiger partial charge in [0.25, 0.3) is 0 Å². The van der Waals surface area contributed by atoms with E-state index in [0.29, 0.717) is 12.0 Å². The van der Waals surface area contributed by atoms with Crippen LogP contribution in [-0.2, 0) is 9.47 Å². The fraction of sp³-hybridized carbons (Fsp3) is 1.00. The zero-order chi connectivity index (χ0) is 12.1. The quantitative estimate of drug-likeness (QED) is 0.727. The van der Waals surface area contributed by atoms with Crippen LogP contribution in [0.4, 0.5) is 0 Å². The Morgan fingerprint density at radius 3 is 2.88 bits per heavy atom. The molecule has 2 unspecified atom stereocenters. The van der Waals surface area contributed by atoms with E-state index in [1.807, 2.05) is 0 Å². The van der Waals surface area contributed by atoms with Crippen molar-refractivity contribution in [2.24, 2.45) is 11.7 Å². The van der Waals surface area contributed by atoms with Gasteiger partial charge < -0.3 is 15.2 Å². The fourth-order valence-electron chi connectivity index (χ4n) is 3.05. The molecule has 0 bridgehead atoms. The highest BCUT2D eigenvalue weighted by Crippen LogP contribution is 2.44. The smallest absolute Gasteiger partial charge is 0.0685 e. The third kappa shape index (κ3) is 3.43. The van der Waals surface area contributed by atoms with Gasteiger partial charge in [0.05, 0.1) is 5.60 Å². The Bertz CT molecular complexity index is 228. The molecule has 17 heavy (non-hydrogen) atoms. The van der Waals surface area contributed by atoms with Crippen molar-refractivity contribution in [1.29, 1.82) is 0 Å². The van der Waals surface area contributed by atoms with Crippen LogP contribution in [0.2, 0.25) is 0 Å². The first-order chi connectivity index (χ1) is 8.26. The highest BCUT2D eigenvalue weighted by atomic mass is 16.5. The molecule has 1 aliphatic heterocycles. The van der Waals surface area contributed by atoms with E-state index in [1.54, 1.807) is 0 Å². The van der Waals surface area contributed by atoms with Crippen molar-refractivity contribution in [3.63, 3.8) is 0 Å². The number of nitrogens with two attached hydrogens (primary N) is 1. The maximum Gasteiger partial charge on any atom is 0.0685 e. The molecule has 2 fully saturated rings. The molecule has 3 heteroatoms. The van der Waals surface area contributed by atoms with Gasteiger partial charge in [-0.3, -0.25) is 0 Å². The average molecular weight is 241 g/mol. The molecule has 2 atom stereocenters. The van der Waals surface area contributed by atoms with Gasteiger partial charge in [-0.2, -0.15) is 0 Å². The monoisotopic (exact) mass is 241 g/mol. The molecule has 1 saturated carbocycles. The van der Waals surface area contributed by atoms with Crippen molar-refractivity contribution >= 4 is 0 Å². The Kier molecular flexibility index (Phi) is 4.83. The van der Waals surface area contributed by atoms with E-state index in [-0.39, 0.29) is 5.60 Å². The molecule has 0 aromatic heterocycles. The second-order valence-electron chi connectivity index (χ2n) is 5.70. The maximum atomic E-state index is 6.30. The van der Waals surface area contributed by atoms with Gasteiger partial charge in [0, 0.05) is 25.9 Å². The molecule has 1 saturated heterocycles. The third-order valence-corrected chi connectivity index (χ3v) is 4.35. The molecule has 2 N–H and O–H groups in total. The van der Waals surface area contributed by atoms with Gasteiger partial charge in [-0.15, -0.1) is 0 Å². The Hall–Kier alpha value is -0.120. The first-order valence-corrected chi connectivity index (χ1v) is 7.23. The topological polar surface area (TPSA) is 44.5 Å². The SMILES string of the molecule is CCCOCCC(N)C1CCOC2(CCC2)C1. The van der Waals surface area contributed by atoms with Gasteiger partial charge in [0.1, 0.15) is 0 Å². The van der Waals surface area contributed by atoms with Crippen LogP contribution < -0.4 is 5.73 Å². The minimum atomic E-state index is 0.227. The van der Waals surface area contributed by atoms with E-state index >= 15 is 0 Å². The minimum Gasteiger partial charge on any atom is -0.381 e. The molecule has 2 aliphatic rings. The average Bonchev–Trinajstić information content (AvgIpc) is 2.32. The van der Waals surface area contributed by atoms with Crippen LogP contribution in [0.3, 0.4) is 0 Å². The molecule has 3 nitrogen and oxygen atoms in total. The lowest BCUT2D eigenvalue weighted by atomic mass is 9.70. The van der Waals surface area contributed by atoms with Gasteiger partial charge in [0.15, 0.2) is 0 Å². The lowest BCUT2D eigenvalue weighted by Gasteiger charge is -2.48. The first-order valence-electron chi connectivity index (χ1n) is 7.23. The summed E-state index contributed by atoms with van der Waals surface area (Å²) in [6.07, 6.45) is 8.25. The second-order valence-corrected chi connectivity index (χ2v) is 5.70. The summed E-state index contributed by atoms with van der Waals surface area (Å²) in [7, 11) is 0. The first kappa shape index (κ1) is 13.3. The standard InChI is InChI=1S/C14H27NO2/c1-2-8-16-9-5-13(15)12-4-10-17-14(11-12)6-3-7-14/h12-13H,2-11,15H2,1H3. The van der Waals surface area contributed by atoms with Gasteiger partial charge in [0.2, 0.25) is 0 Å². The molecule has 0 radical (unpaired) electrons. The van der Waals surface area contributed by atoms with Crippen molar-refractivity contribution < 1.29 is 9.47 Å². The Morgan fingerprint density at radius 1 is 1.41 bits per heavy atom. The molecule has 1 heterocycles. The van der Waals surface area contributed by atoms with Crippen LogP contribution in [0.5, 0.6) is 0 Å². The van der Waals surface area contributed by atoms with Crippen molar-refractivity contribution in [3.8, 4) is 0 Å². The van der Waals surface area contributed by atoms with E-state index in [0.717, 1.165) is 39.1 Å². The largest absolute Gasteiger partial charge is 0.381 e. The summed E-state index contributed by atoms with van der Waals surface area (Å²) in [5.41, 5.74) is 6.52. The predicted molar refractivity (Wildman–Crippen MR) is 69.0 cm³/mol. The fourth-order valence-corrected chi connectivity index (χ4v) is 3.05. The van der Waals surface area contributed by atoms with E-state index in [9.17, 15) is 0 Å². The van der Waals surface area contributed by atoms with Crippen LogP contribution in [0.1, 0.15) is 51.9 Å². The number of ether oxygens (including phenoxy) is 2. The van der Waals surface area contributed by atoms with Crippen LogP contribution in [0.15, 0.2) is 0 Å². The Morgan fingerprint density at radius 2 is 2.24 bits per heavy atom. The van der Waals surface area contributed by atoms with E-state index in [1.165, 1.54) is 25.7 Å². The lowest BCUT2D eigenvalue weighted by molar-refractivity contribution is -0.146. The molecular formula is C14H27NO2. The summed E-state index contributed by atoms with van der Waals surface area (Å²) in [4.78, 5) is 0. The summed E-state index contributed by atoms with van der Waals surface area (Å²) < 4.78 is 11.5. The lowest BCUT2D eigenvalue weighted by Crippen LogP contribution is -2.49. The van der Waals surface area contributed by atoms with E-state index in [4.69, 9.17) is 15.2 Å². The molecular weight excluding hydrogens is 214 g/mol. The Labute approximate surface area is 105 Å². The summed E-state index contributed by atoms with van der Waals surface area (Å²) >= 11 is 0. The van der Waals surface area contributed by atoms with Crippen molar-refractivity contribution in [3.05, 3.63) is 0 Å². The van der Waals surface area contributed by atoms with Gasteiger partial charge in [-0.25, -0.2) is 0 Å². The molecule has 100 valence electrons. The summed E-state index contributed by atoms with van der Waals surface area (Å²) in [6, 6.07) is 0.299. The summed E-state index contributed by atoms with van der Waals surface area (Å²) in [5, 5.41) is 0. The highest BCUT2D eigenvalue weighted by molar-refractivity contribution is 4.96. The highest BCUT2D eigenvalue weighted by Gasteiger charge is 2.43. The zero-order valence-corrected chi connectivity index (χ0v) is 11.1. The molecule has 1 spiro atoms. The number of hydrogen-bond acceptors (Lipinski definition) is 3. The minimum absolute atomic E-state index is 0.227. The Balaban J connectivity index is 1.69. The summed E-state index contributed by atoms with van der Waals surface area (Å²) in [5.74, 6) is 0.647. The van der Waals surface area contributed by atoms with E-state index in [2.05, 4.69) is 6.92 Å². The number of hydrogen-bond donors (Lipinski definition) is 1. The molecule has 1 aliphatic carbocycles. The molecule has 0 aromatic carbocycles. The summed E-state index contributed by atoms with van der Waals surface area (Å²) in [6.45, 7) is 4.73. The van der Waals surface area contributed by atoms with Gasteiger partial charge in [-0.05, 0) is 50.9 Å². The zero-order valence-electron chi connectivity index (χ0n) is 11.1. The normalized spacial score (nSPS) is 28.9. The molecule has 0 aromatic rings. The van der Waals surface area contributed by atoms with Crippen molar-refractivity contribution in [2.75, 3.05) is 19.8 Å². The van der Waals surface area contributed by atoms with E-state index < -0.39 is 0 Å². The maximum absolute atomic E-state index is 6.30. The van der Waals surface area contributed by atoms with Gasteiger partial charge in [-0.1, -0.05) is 6.92 Å². The van der Waals surface area contributed by atoms with Gasteiger partial charge >= 0.3 is 0 Å². The van der Waals surface area contributed by atoms with Crippen molar-refractivity contribution in [2.45, 2.75) is 63.5 Å². The third-order valence-electron chi connectivity index (χ3n) is 4.35. The van der Waals surface area contributed by atoms with Crippen LogP contribution in [0.25, 0.3) is 0 Å². The van der Waals surface area contributed by atoms with Crippen molar-refractivity contribution in [1.82, 2.24) is 0 Å². The van der Waals surface area contributed by atoms with Crippen LogP contribution in [-0.4, -0.2) is 31.5 Å². The van der Waals surface area contributed by atoms with Crippen LogP contribution in [0, 0.1) is 5.92 Å².